The molecule has 2 N–H and O–H groups in total. The average Bonchev–Trinajstić information content (AvgIpc) is 2.69. The van der Waals surface area contributed by atoms with E-state index >= 15 is 0 Å². The molecule has 5 nitrogen and oxygen atoms in total. The van der Waals surface area contributed by atoms with E-state index in [9.17, 15) is 9.18 Å². The Hall–Kier alpha value is -1.70. The van der Waals surface area contributed by atoms with E-state index in [0.717, 1.165) is 5.47 Å². The molecule has 0 unspecified atom stereocenters. The molecule has 0 aliphatic carbocycles. The third-order valence-electron chi connectivity index (χ3n) is 4.73. The van der Waals surface area contributed by atoms with Gasteiger partial charge in [-0.3, -0.25) is 4.79 Å². The lowest BCUT2D eigenvalue weighted by molar-refractivity contribution is -0.136. The quantitative estimate of drug-likeness (QED) is 0.773. The first-order valence-electron chi connectivity index (χ1n) is 8.26. The number of benzene rings is 1. The van der Waals surface area contributed by atoms with Gasteiger partial charge in [-0.15, -0.1) is 0 Å². The van der Waals surface area contributed by atoms with E-state index in [0.29, 0.717) is 17.7 Å². The molecule has 2 rings (SSSR count). The van der Waals surface area contributed by atoms with Crippen LogP contribution in [0.15, 0.2) is 23.7 Å². The molecule has 1 aromatic rings. The predicted molar refractivity (Wildman–Crippen MR) is 95.7 cm³/mol. The van der Waals surface area contributed by atoms with Gasteiger partial charge in [0.05, 0.1) is 17.6 Å². The number of hydrogen-bond donors (Lipinski definition) is 2. The van der Waals surface area contributed by atoms with Crippen LogP contribution in [0.4, 0.5) is 4.39 Å². The van der Waals surface area contributed by atoms with E-state index in [-0.39, 0.29) is 6.42 Å². The van der Waals surface area contributed by atoms with Gasteiger partial charge in [0.25, 0.3) is 0 Å². The maximum atomic E-state index is 13.7. The first-order valence-corrected chi connectivity index (χ1v) is 8.26. The number of carboxylic acid groups (broad SMARTS) is 1. The highest BCUT2D eigenvalue weighted by atomic mass is 19.1. The third kappa shape index (κ3) is 4.48. The van der Waals surface area contributed by atoms with Gasteiger partial charge >= 0.3 is 13.1 Å². The second-order valence-corrected chi connectivity index (χ2v) is 7.25. The minimum atomic E-state index is -0.966. The smallest absolute Gasteiger partial charge is 0.481 e. The molecule has 0 radical (unpaired) electrons. The molecule has 136 valence electrons. The molecule has 1 aliphatic rings. The summed E-state index contributed by atoms with van der Waals surface area (Å²) in [5, 5.41) is 12.1. The highest BCUT2D eigenvalue weighted by molar-refractivity contribution is 6.56. The summed E-state index contributed by atoms with van der Waals surface area (Å²) >= 11 is 0. The molecular weight excluding hydrogens is 324 g/mol. The van der Waals surface area contributed by atoms with E-state index in [2.05, 4.69) is 5.32 Å². The lowest BCUT2D eigenvalue weighted by Gasteiger charge is -2.32. The maximum absolute atomic E-state index is 13.7. The van der Waals surface area contributed by atoms with Gasteiger partial charge in [0.1, 0.15) is 5.82 Å². The second-order valence-electron chi connectivity index (χ2n) is 7.25. The van der Waals surface area contributed by atoms with Gasteiger partial charge in [0, 0.05) is 6.54 Å². The van der Waals surface area contributed by atoms with Gasteiger partial charge in [0.2, 0.25) is 0 Å². The van der Waals surface area contributed by atoms with Crippen LogP contribution in [0, 0.1) is 5.82 Å². The van der Waals surface area contributed by atoms with Gasteiger partial charge in [0.15, 0.2) is 0 Å². The van der Waals surface area contributed by atoms with E-state index < -0.39 is 30.1 Å². The van der Waals surface area contributed by atoms with E-state index in [1.807, 2.05) is 27.7 Å². The fourth-order valence-corrected chi connectivity index (χ4v) is 2.62. The topological polar surface area (TPSA) is 67.8 Å². The van der Waals surface area contributed by atoms with Crippen molar-refractivity contribution in [2.24, 2.45) is 0 Å². The lowest BCUT2D eigenvalue weighted by Crippen LogP contribution is -2.41. The molecule has 0 bridgehead atoms. The zero-order chi connectivity index (χ0) is 18.8. The third-order valence-corrected chi connectivity index (χ3v) is 4.73. The predicted octanol–water partition coefficient (Wildman–Crippen LogP) is 2.69. The van der Waals surface area contributed by atoms with Crippen molar-refractivity contribution >= 4 is 19.2 Å². The van der Waals surface area contributed by atoms with Gasteiger partial charge < -0.3 is 19.7 Å². The minimum Gasteiger partial charge on any atom is -0.481 e. The normalized spacial score (nSPS) is 19.3. The van der Waals surface area contributed by atoms with Crippen LogP contribution in [0.2, 0.25) is 0 Å². The first-order chi connectivity index (χ1) is 11.6. The Kier molecular flexibility index (Phi) is 5.71. The molecule has 1 aromatic carbocycles. The van der Waals surface area contributed by atoms with Crippen molar-refractivity contribution < 1.29 is 23.6 Å². The number of rotatable bonds is 6. The van der Waals surface area contributed by atoms with Crippen molar-refractivity contribution in [2.45, 2.75) is 45.3 Å². The summed E-state index contributed by atoms with van der Waals surface area (Å²) in [6.07, 6.45) is 1.57. The Morgan fingerprint density at radius 3 is 2.40 bits per heavy atom. The maximum Gasteiger partial charge on any atom is 0.491 e. The van der Waals surface area contributed by atoms with Crippen LogP contribution >= 0.6 is 0 Å². The van der Waals surface area contributed by atoms with Crippen molar-refractivity contribution in [3.8, 4) is 0 Å². The van der Waals surface area contributed by atoms with Crippen LogP contribution < -0.4 is 5.32 Å². The van der Waals surface area contributed by atoms with Crippen molar-refractivity contribution in [3.05, 3.63) is 40.6 Å². The number of nitrogens with one attached hydrogen (secondary N) is 1. The molecule has 1 heterocycles. The highest BCUT2D eigenvalue weighted by Crippen LogP contribution is 2.38. The Morgan fingerprint density at radius 2 is 1.88 bits per heavy atom. The summed E-state index contributed by atoms with van der Waals surface area (Å²) in [5.74, 6) is -1.38. The van der Waals surface area contributed by atoms with Gasteiger partial charge in [-0.05, 0) is 63.5 Å². The molecule has 0 saturated carbocycles. The Labute approximate surface area is 148 Å². The largest absolute Gasteiger partial charge is 0.491 e. The summed E-state index contributed by atoms with van der Waals surface area (Å²) in [7, 11) is 1.21. The Bertz CT molecular complexity index is 672. The molecule has 1 aliphatic heterocycles. The number of hydrogen-bond acceptors (Lipinski definition) is 4. The molecular formula is C18H25BFNO4. The van der Waals surface area contributed by atoms with Gasteiger partial charge in [-0.2, -0.15) is 0 Å². The van der Waals surface area contributed by atoms with Crippen LogP contribution in [0.25, 0.3) is 6.08 Å². The van der Waals surface area contributed by atoms with Crippen LogP contribution in [0.5, 0.6) is 0 Å². The number of carbonyl (C=O) groups is 1. The highest BCUT2D eigenvalue weighted by Gasteiger charge is 2.52. The molecule has 0 aromatic heterocycles. The lowest BCUT2D eigenvalue weighted by atomic mass is 9.76. The minimum absolute atomic E-state index is 0.178. The average molecular weight is 349 g/mol. The summed E-state index contributed by atoms with van der Waals surface area (Å²) in [6, 6.07) is 4.10. The summed E-state index contributed by atoms with van der Waals surface area (Å²) in [5.41, 5.74) is 0.854. The zero-order valence-corrected chi connectivity index (χ0v) is 15.4. The molecule has 25 heavy (non-hydrogen) atoms. The number of carboxylic acids is 1. The van der Waals surface area contributed by atoms with Crippen LogP contribution in [-0.2, 0) is 20.5 Å². The van der Waals surface area contributed by atoms with Crippen molar-refractivity contribution in [3.63, 3.8) is 0 Å². The zero-order valence-electron chi connectivity index (χ0n) is 15.4. The van der Waals surface area contributed by atoms with Gasteiger partial charge in [-0.1, -0.05) is 12.1 Å². The van der Waals surface area contributed by atoms with Crippen molar-refractivity contribution in [1.82, 2.24) is 5.32 Å². The van der Waals surface area contributed by atoms with E-state index in [1.165, 1.54) is 18.2 Å². The fraction of sp³-hybridized carbons (Fsp3) is 0.500. The summed E-state index contributed by atoms with van der Waals surface area (Å²) < 4.78 is 25.8. The number of likely N-dealkylation sites (N-methyl/N-ethyl adjacent to an activating group) is 1. The summed E-state index contributed by atoms with van der Waals surface area (Å²) in [6.45, 7) is 8.31. The molecule has 1 saturated heterocycles. The molecule has 1 fully saturated rings. The van der Waals surface area contributed by atoms with Gasteiger partial charge in [-0.25, -0.2) is 4.39 Å². The molecule has 0 atom stereocenters. The standard InChI is InChI=1S/C18H25BFNO4/c1-17(2)18(3,4)25-19(24-17)14(11-21-5)8-13-9-15(20)7-6-12(13)10-16(22)23/h6-9,21H,10-11H2,1-5H3,(H,22,23). The van der Waals surface area contributed by atoms with Crippen LogP contribution in [0.1, 0.15) is 38.8 Å². The number of halogens is 1. The summed E-state index contributed by atoms with van der Waals surface area (Å²) in [4.78, 5) is 11.1. The molecule has 0 spiro atoms. The Balaban J connectivity index is 2.41. The van der Waals surface area contributed by atoms with E-state index in [1.54, 1.807) is 13.1 Å². The van der Waals surface area contributed by atoms with E-state index in [4.69, 9.17) is 14.4 Å². The second kappa shape index (κ2) is 7.27. The van der Waals surface area contributed by atoms with Crippen LogP contribution in [0.3, 0.4) is 0 Å². The first kappa shape index (κ1) is 19.6. The Morgan fingerprint density at radius 1 is 1.28 bits per heavy atom. The molecule has 7 heteroatoms. The van der Waals surface area contributed by atoms with Crippen LogP contribution in [-0.4, -0.2) is 43.0 Å². The fourth-order valence-electron chi connectivity index (χ4n) is 2.62. The molecule has 0 amide bonds. The van der Waals surface area contributed by atoms with Crippen molar-refractivity contribution in [1.29, 1.82) is 0 Å². The van der Waals surface area contributed by atoms with Crippen molar-refractivity contribution in [2.75, 3.05) is 13.6 Å². The monoisotopic (exact) mass is 349 g/mol. The number of aliphatic carboxylic acids is 1. The SMILES string of the molecule is CNCC(=Cc1cc(F)ccc1CC(=O)O)B1OC(C)(C)C(C)(C)O1.